The lowest BCUT2D eigenvalue weighted by molar-refractivity contribution is 0.0685. The second kappa shape index (κ2) is 21.3. The van der Waals surface area contributed by atoms with Crippen LogP contribution in [-0.2, 0) is 0 Å². The highest BCUT2D eigenvalue weighted by molar-refractivity contribution is 5.95. The van der Waals surface area contributed by atoms with Gasteiger partial charge in [-0.05, 0) is 62.6 Å². The first kappa shape index (κ1) is 39.5. The fourth-order valence-electron chi connectivity index (χ4n) is 5.95. The van der Waals surface area contributed by atoms with Gasteiger partial charge in [0.2, 0.25) is 5.88 Å². The summed E-state index contributed by atoms with van der Waals surface area (Å²) in [4.78, 5) is 29.5. The number of nitrogens with zero attached hydrogens (tertiary/aromatic N) is 6. The molecule has 0 aliphatic heterocycles. The molecule has 0 aliphatic rings. The lowest BCUT2D eigenvalue weighted by Crippen LogP contribution is -2.44. The van der Waals surface area contributed by atoms with E-state index >= 15 is 0 Å². The molecule has 9 heteroatoms. The monoisotopic (exact) mass is 648 g/mol. The SMILES string of the molecule is CCCCC(CC)CN(CC(CC)CCCC)C(=O)c1cccc(/N=N/c2c(C)c(C#N)c(=O)n(N(CCCC)CCCC)c2O)c1. The minimum Gasteiger partial charge on any atom is -0.492 e. The Morgan fingerprint density at radius 1 is 0.894 bits per heavy atom. The molecule has 0 bridgehead atoms. The van der Waals surface area contributed by atoms with Gasteiger partial charge in [-0.25, -0.2) is 0 Å². The standard InChI is InChI=1S/C38H60N6O3/c1-8-14-19-30(12-5)27-42(28-31(13-6)20-15-9-2)36(45)32-21-18-22-33(25-32)40-41-35-29(7)34(26-39)37(46)44(38(35)47)43(23-16-10-3)24-17-11-4/h18,21-22,25,30-31,47H,8-17,19-20,23-24,27-28H2,1-7H3/b41-40+. The second-order valence-corrected chi connectivity index (χ2v) is 12.9. The molecule has 1 heterocycles. The molecule has 0 saturated carbocycles. The molecule has 2 unspecified atom stereocenters. The van der Waals surface area contributed by atoms with Crippen LogP contribution in [0.15, 0.2) is 39.3 Å². The number of aromatic nitrogens is 1. The highest BCUT2D eigenvalue weighted by atomic mass is 16.3. The Kier molecular flexibility index (Phi) is 17.9. The van der Waals surface area contributed by atoms with Gasteiger partial charge < -0.3 is 15.0 Å². The summed E-state index contributed by atoms with van der Waals surface area (Å²) < 4.78 is 1.19. The van der Waals surface area contributed by atoms with Crippen molar-refractivity contribution in [3.8, 4) is 11.9 Å². The Bertz CT molecular complexity index is 1350. The summed E-state index contributed by atoms with van der Waals surface area (Å²) in [5.41, 5.74) is 0.712. The van der Waals surface area contributed by atoms with Crippen LogP contribution in [-0.4, -0.2) is 46.8 Å². The number of nitriles is 1. The third kappa shape index (κ3) is 11.5. The number of aromatic hydroxyl groups is 1. The Morgan fingerprint density at radius 3 is 1.94 bits per heavy atom. The molecule has 9 nitrogen and oxygen atoms in total. The quantitative estimate of drug-likeness (QED) is 0.128. The van der Waals surface area contributed by atoms with Crippen LogP contribution in [0.4, 0.5) is 11.4 Å². The molecule has 1 N–H and O–H groups in total. The number of carbonyl (C=O) groups excluding carboxylic acids is 1. The smallest absolute Gasteiger partial charge is 0.290 e. The van der Waals surface area contributed by atoms with Crippen molar-refractivity contribution >= 4 is 17.3 Å². The first-order valence-electron chi connectivity index (χ1n) is 18.2. The molecule has 1 aromatic carbocycles. The molecule has 2 rings (SSSR count). The van der Waals surface area contributed by atoms with Gasteiger partial charge in [0, 0.05) is 37.3 Å². The van der Waals surface area contributed by atoms with Crippen LogP contribution in [0.5, 0.6) is 5.88 Å². The summed E-state index contributed by atoms with van der Waals surface area (Å²) in [6.45, 7) is 17.2. The van der Waals surface area contributed by atoms with E-state index in [0.29, 0.717) is 36.2 Å². The minimum atomic E-state index is -0.560. The van der Waals surface area contributed by atoms with E-state index in [1.54, 1.807) is 30.1 Å². The maximum atomic E-state index is 14.1. The number of azo groups is 1. The van der Waals surface area contributed by atoms with Gasteiger partial charge >= 0.3 is 0 Å². The predicted octanol–water partition coefficient (Wildman–Crippen LogP) is 9.56. The first-order chi connectivity index (χ1) is 22.7. The first-order valence-corrected chi connectivity index (χ1v) is 18.2. The molecule has 0 spiro atoms. The summed E-state index contributed by atoms with van der Waals surface area (Å²) in [6, 6.07) is 9.14. The lowest BCUT2D eigenvalue weighted by atomic mass is 9.95. The Hall–Kier alpha value is -3.67. The number of amides is 1. The fraction of sp³-hybridized carbons (Fsp3) is 0.658. The van der Waals surface area contributed by atoms with Gasteiger partial charge in [-0.3, -0.25) is 9.59 Å². The van der Waals surface area contributed by atoms with Gasteiger partial charge in [0.25, 0.3) is 11.5 Å². The fourth-order valence-corrected chi connectivity index (χ4v) is 5.95. The van der Waals surface area contributed by atoms with Crippen LogP contribution >= 0.6 is 0 Å². The number of pyridine rings is 1. The summed E-state index contributed by atoms with van der Waals surface area (Å²) >= 11 is 0. The number of hydrogen-bond acceptors (Lipinski definition) is 7. The number of benzene rings is 1. The van der Waals surface area contributed by atoms with Gasteiger partial charge in [-0.15, -0.1) is 5.11 Å². The molecule has 1 amide bonds. The molecule has 0 fully saturated rings. The maximum Gasteiger partial charge on any atom is 0.290 e. The summed E-state index contributed by atoms with van der Waals surface area (Å²) in [5.74, 6) is 0.566. The highest BCUT2D eigenvalue weighted by Crippen LogP contribution is 2.33. The zero-order valence-electron chi connectivity index (χ0n) is 30.2. The lowest BCUT2D eigenvalue weighted by Gasteiger charge is -2.31. The van der Waals surface area contributed by atoms with E-state index in [1.807, 2.05) is 12.1 Å². The van der Waals surface area contributed by atoms with E-state index in [1.165, 1.54) is 4.68 Å². The molecule has 260 valence electrons. The van der Waals surface area contributed by atoms with Crippen molar-refractivity contribution in [1.29, 1.82) is 5.26 Å². The highest BCUT2D eigenvalue weighted by Gasteiger charge is 2.24. The van der Waals surface area contributed by atoms with Crippen molar-refractivity contribution in [2.75, 3.05) is 31.2 Å². The van der Waals surface area contributed by atoms with E-state index < -0.39 is 5.56 Å². The van der Waals surface area contributed by atoms with Gasteiger partial charge in [0.15, 0.2) is 5.69 Å². The average molecular weight is 649 g/mol. The summed E-state index contributed by atoms with van der Waals surface area (Å²) in [7, 11) is 0. The van der Waals surface area contributed by atoms with Gasteiger partial charge in [0.05, 0.1) is 5.69 Å². The van der Waals surface area contributed by atoms with Crippen molar-refractivity contribution in [1.82, 2.24) is 9.58 Å². The van der Waals surface area contributed by atoms with E-state index in [-0.39, 0.29) is 28.6 Å². The molecular weight excluding hydrogens is 588 g/mol. The third-order valence-electron chi connectivity index (χ3n) is 9.17. The van der Waals surface area contributed by atoms with Crippen LogP contribution in [0, 0.1) is 30.1 Å². The van der Waals surface area contributed by atoms with Crippen LogP contribution in [0.3, 0.4) is 0 Å². The molecule has 2 atom stereocenters. The molecule has 47 heavy (non-hydrogen) atoms. The average Bonchev–Trinajstić information content (AvgIpc) is 3.08. The molecule has 1 aromatic heterocycles. The zero-order chi connectivity index (χ0) is 34.8. The van der Waals surface area contributed by atoms with E-state index in [4.69, 9.17) is 0 Å². The molecule has 2 aromatic rings. The number of carbonyl (C=O) groups is 1. The number of rotatable bonds is 22. The topological polar surface area (TPSA) is 114 Å². The Morgan fingerprint density at radius 2 is 1.45 bits per heavy atom. The largest absolute Gasteiger partial charge is 0.492 e. The van der Waals surface area contributed by atoms with Crippen LogP contribution < -0.4 is 10.6 Å². The molecule has 0 radical (unpaired) electrons. The maximum absolute atomic E-state index is 14.1. The van der Waals surface area contributed by atoms with E-state index in [0.717, 1.165) is 90.1 Å². The van der Waals surface area contributed by atoms with Crippen molar-refractivity contribution in [3.63, 3.8) is 0 Å². The Balaban J connectivity index is 2.51. The molecule has 0 aliphatic carbocycles. The predicted molar refractivity (Wildman–Crippen MR) is 193 cm³/mol. The number of unbranched alkanes of at least 4 members (excludes halogenated alkanes) is 4. The normalized spacial score (nSPS) is 12.6. The molecular formula is C38H60N6O3. The third-order valence-corrected chi connectivity index (χ3v) is 9.17. The van der Waals surface area contributed by atoms with Crippen molar-refractivity contribution in [2.24, 2.45) is 22.1 Å². The van der Waals surface area contributed by atoms with Gasteiger partial charge in [-0.2, -0.15) is 15.1 Å². The van der Waals surface area contributed by atoms with E-state index in [9.17, 15) is 20.0 Å². The minimum absolute atomic E-state index is 0.00576. The Labute approximate surface area is 283 Å². The van der Waals surface area contributed by atoms with Crippen molar-refractivity contribution < 1.29 is 9.90 Å². The van der Waals surface area contributed by atoms with Crippen LogP contribution in [0.1, 0.15) is 140 Å². The van der Waals surface area contributed by atoms with Crippen LogP contribution in [0.2, 0.25) is 0 Å². The molecule has 0 saturated heterocycles. The van der Waals surface area contributed by atoms with Crippen LogP contribution in [0.25, 0.3) is 0 Å². The second-order valence-electron chi connectivity index (χ2n) is 12.9. The van der Waals surface area contributed by atoms with Crippen molar-refractivity contribution in [2.45, 2.75) is 126 Å². The van der Waals surface area contributed by atoms with E-state index in [2.05, 4.69) is 56.7 Å². The zero-order valence-corrected chi connectivity index (χ0v) is 30.2. The number of hydrogen-bond donors (Lipinski definition) is 1. The van der Waals surface area contributed by atoms with Gasteiger partial charge in [-0.1, -0.05) is 99.0 Å². The summed E-state index contributed by atoms with van der Waals surface area (Å²) in [5, 5.41) is 31.8. The van der Waals surface area contributed by atoms with Crippen molar-refractivity contribution in [3.05, 3.63) is 51.3 Å². The van der Waals surface area contributed by atoms with Gasteiger partial charge in [0.1, 0.15) is 11.6 Å². The summed E-state index contributed by atoms with van der Waals surface area (Å²) in [6.07, 6.45) is 12.4.